The second-order valence-corrected chi connectivity index (χ2v) is 5.19. The Morgan fingerprint density at radius 1 is 1.44 bits per heavy atom. The summed E-state index contributed by atoms with van der Waals surface area (Å²) in [5, 5.41) is 0. The molecule has 1 heterocycles. The molecular weight excluding hydrogens is 220 g/mol. The molecule has 2 unspecified atom stereocenters. The van der Waals surface area contributed by atoms with E-state index in [0.29, 0.717) is 0 Å². The van der Waals surface area contributed by atoms with Crippen LogP contribution in [0.2, 0.25) is 0 Å². The van der Waals surface area contributed by atoms with Gasteiger partial charge in [0.15, 0.2) is 0 Å². The molecule has 1 aliphatic rings. The third-order valence-electron chi connectivity index (χ3n) is 2.83. The minimum Gasteiger partial charge on any atom is -0.374 e. The number of rotatable bonds is 3. The van der Waals surface area contributed by atoms with Gasteiger partial charge in [0.25, 0.3) is 0 Å². The summed E-state index contributed by atoms with van der Waals surface area (Å²) in [4.78, 5) is 0. The molecule has 0 spiro atoms. The fraction of sp³-hybridized carbons (Fsp3) is 0.500. The second-order valence-electron chi connectivity index (χ2n) is 4.04. The van der Waals surface area contributed by atoms with Gasteiger partial charge in [-0.15, -0.1) is 0 Å². The van der Waals surface area contributed by atoms with Gasteiger partial charge in [0.1, 0.15) is 0 Å². The van der Waals surface area contributed by atoms with Crippen molar-refractivity contribution in [3.8, 4) is 0 Å². The van der Waals surface area contributed by atoms with Crippen LogP contribution in [0.4, 0.5) is 0 Å². The molecule has 0 amide bonds. The zero-order valence-corrected chi connectivity index (χ0v) is 10.3. The fourth-order valence-electron chi connectivity index (χ4n) is 1.89. The average Bonchev–Trinajstić information content (AvgIpc) is 2.34. The fourth-order valence-corrected chi connectivity index (χ4v) is 2.79. The normalized spacial score (nSPS) is 23.0. The van der Waals surface area contributed by atoms with Crippen molar-refractivity contribution >= 4 is 11.8 Å². The predicted octanol–water partition coefficient (Wildman–Crippen LogP) is 1.63. The summed E-state index contributed by atoms with van der Waals surface area (Å²) in [6.07, 6.45) is 0.173. The molecule has 0 bridgehead atoms. The van der Waals surface area contributed by atoms with Crippen molar-refractivity contribution < 1.29 is 4.74 Å². The lowest BCUT2D eigenvalue weighted by Gasteiger charge is -2.30. The lowest BCUT2D eigenvalue weighted by molar-refractivity contribution is 0.0468. The number of hydrazine groups is 1. The van der Waals surface area contributed by atoms with Gasteiger partial charge in [-0.3, -0.25) is 11.3 Å². The Morgan fingerprint density at radius 3 is 2.75 bits per heavy atom. The Morgan fingerprint density at radius 2 is 2.19 bits per heavy atom. The minimum absolute atomic E-state index is 0.0911. The van der Waals surface area contributed by atoms with Crippen LogP contribution in [0.15, 0.2) is 24.3 Å². The van der Waals surface area contributed by atoms with Crippen LogP contribution in [0.3, 0.4) is 0 Å². The van der Waals surface area contributed by atoms with E-state index in [1.807, 2.05) is 11.8 Å². The summed E-state index contributed by atoms with van der Waals surface area (Å²) in [5.41, 5.74) is 5.33. The Bertz CT molecular complexity index is 322. The van der Waals surface area contributed by atoms with Gasteiger partial charge >= 0.3 is 0 Å². The summed E-state index contributed by atoms with van der Waals surface area (Å²) in [7, 11) is 0. The number of aryl methyl sites for hydroxylation is 1. The molecule has 2 atom stereocenters. The molecule has 1 aliphatic heterocycles. The van der Waals surface area contributed by atoms with Crippen LogP contribution < -0.4 is 11.3 Å². The lowest BCUT2D eigenvalue weighted by atomic mass is 10.0. The van der Waals surface area contributed by atoms with Crippen molar-refractivity contribution in [2.45, 2.75) is 19.1 Å². The number of nitrogens with two attached hydrogens (primary N) is 1. The summed E-state index contributed by atoms with van der Waals surface area (Å²) in [5.74, 6) is 7.72. The van der Waals surface area contributed by atoms with Crippen LogP contribution in [0, 0.1) is 6.92 Å². The van der Waals surface area contributed by atoms with Gasteiger partial charge in [-0.1, -0.05) is 29.8 Å². The highest BCUT2D eigenvalue weighted by Gasteiger charge is 2.25. The maximum Gasteiger partial charge on any atom is 0.0873 e. The number of hydrogen-bond acceptors (Lipinski definition) is 4. The first-order chi connectivity index (χ1) is 7.81. The van der Waals surface area contributed by atoms with Crippen LogP contribution in [-0.4, -0.2) is 24.2 Å². The van der Waals surface area contributed by atoms with E-state index in [2.05, 4.69) is 36.6 Å². The molecule has 2 rings (SSSR count). The highest BCUT2D eigenvalue weighted by Crippen LogP contribution is 2.25. The van der Waals surface area contributed by atoms with E-state index in [4.69, 9.17) is 10.6 Å². The summed E-state index contributed by atoms with van der Waals surface area (Å²) >= 11 is 1.92. The molecule has 3 N–H and O–H groups in total. The van der Waals surface area contributed by atoms with Gasteiger partial charge in [0.2, 0.25) is 0 Å². The maximum absolute atomic E-state index is 5.75. The van der Waals surface area contributed by atoms with E-state index < -0.39 is 0 Å². The molecule has 16 heavy (non-hydrogen) atoms. The first-order valence-corrected chi connectivity index (χ1v) is 6.69. The summed E-state index contributed by atoms with van der Waals surface area (Å²) < 4.78 is 5.75. The van der Waals surface area contributed by atoms with E-state index >= 15 is 0 Å². The topological polar surface area (TPSA) is 47.3 Å². The molecule has 1 saturated heterocycles. The maximum atomic E-state index is 5.75. The Labute approximate surface area is 101 Å². The van der Waals surface area contributed by atoms with E-state index in [0.717, 1.165) is 18.1 Å². The molecule has 88 valence electrons. The van der Waals surface area contributed by atoms with Crippen molar-refractivity contribution in [2.75, 3.05) is 18.1 Å². The van der Waals surface area contributed by atoms with Crippen molar-refractivity contribution in [3.05, 3.63) is 35.4 Å². The first-order valence-electron chi connectivity index (χ1n) is 5.53. The minimum atomic E-state index is 0.0911. The van der Waals surface area contributed by atoms with E-state index in [-0.39, 0.29) is 12.1 Å². The highest BCUT2D eigenvalue weighted by atomic mass is 32.2. The SMILES string of the molecule is Cc1ccc(C(NN)C2CSCCO2)cc1. The molecular formula is C12H18N2OS. The van der Waals surface area contributed by atoms with E-state index in [1.165, 1.54) is 11.1 Å². The lowest BCUT2D eigenvalue weighted by Crippen LogP contribution is -2.41. The van der Waals surface area contributed by atoms with Crippen molar-refractivity contribution in [1.82, 2.24) is 5.43 Å². The largest absolute Gasteiger partial charge is 0.374 e. The summed E-state index contributed by atoms with van der Waals surface area (Å²) in [6, 6.07) is 8.53. The average molecular weight is 238 g/mol. The molecule has 1 fully saturated rings. The second kappa shape index (κ2) is 5.68. The zero-order chi connectivity index (χ0) is 11.4. The molecule has 0 saturated carbocycles. The molecule has 0 aliphatic carbocycles. The smallest absolute Gasteiger partial charge is 0.0873 e. The molecule has 0 aromatic heterocycles. The van der Waals surface area contributed by atoms with Crippen LogP contribution in [0.5, 0.6) is 0 Å². The van der Waals surface area contributed by atoms with Crippen LogP contribution in [0.25, 0.3) is 0 Å². The van der Waals surface area contributed by atoms with Gasteiger partial charge in [0.05, 0.1) is 18.8 Å². The van der Waals surface area contributed by atoms with Crippen molar-refractivity contribution in [3.63, 3.8) is 0 Å². The van der Waals surface area contributed by atoms with Gasteiger partial charge < -0.3 is 4.74 Å². The number of hydrogen-bond donors (Lipinski definition) is 2. The number of ether oxygens (including phenoxy) is 1. The molecule has 4 heteroatoms. The first kappa shape index (κ1) is 11.9. The Balaban J connectivity index is 2.11. The van der Waals surface area contributed by atoms with E-state index in [1.54, 1.807) is 0 Å². The Hall–Kier alpha value is -0.550. The number of thioether (sulfide) groups is 1. The highest BCUT2D eigenvalue weighted by molar-refractivity contribution is 7.99. The third-order valence-corrected chi connectivity index (χ3v) is 3.85. The monoisotopic (exact) mass is 238 g/mol. The molecule has 1 aromatic rings. The quantitative estimate of drug-likeness (QED) is 0.621. The zero-order valence-electron chi connectivity index (χ0n) is 9.48. The van der Waals surface area contributed by atoms with Gasteiger partial charge in [-0.2, -0.15) is 11.8 Å². The van der Waals surface area contributed by atoms with Crippen LogP contribution in [-0.2, 0) is 4.74 Å². The predicted molar refractivity (Wildman–Crippen MR) is 68.3 cm³/mol. The number of benzene rings is 1. The van der Waals surface area contributed by atoms with Crippen molar-refractivity contribution in [1.29, 1.82) is 0 Å². The number of nitrogens with one attached hydrogen (secondary N) is 1. The molecule has 0 radical (unpaired) electrons. The summed E-state index contributed by atoms with van der Waals surface area (Å²) in [6.45, 7) is 2.90. The standard InChI is InChI=1S/C12H18N2OS/c1-9-2-4-10(5-3-9)12(14-13)11-8-16-7-6-15-11/h2-5,11-12,14H,6-8,13H2,1H3. The van der Waals surface area contributed by atoms with Crippen molar-refractivity contribution in [2.24, 2.45) is 5.84 Å². The Kier molecular flexibility index (Phi) is 4.23. The van der Waals surface area contributed by atoms with Crippen LogP contribution in [0.1, 0.15) is 17.2 Å². The molecule has 3 nitrogen and oxygen atoms in total. The molecule has 1 aromatic carbocycles. The van der Waals surface area contributed by atoms with Gasteiger partial charge in [0, 0.05) is 11.5 Å². The third kappa shape index (κ3) is 2.77. The van der Waals surface area contributed by atoms with Gasteiger partial charge in [-0.25, -0.2) is 0 Å². The van der Waals surface area contributed by atoms with Gasteiger partial charge in [-0.05, 0) is 12.5 Å². The van der Waals surface area contributed by atoms with E-state index in [9.17, 15) is 0 Å². The van der Waals surface area contributed by atoms with Crippen LogP contribution >= 0.6 is 11.8 Å².